The monoisotopic (exact) mass is 244 g/mol. The molecule has 0 spiro atoms. The minimum atomic E-state index is -0.0538. The van der Waals surface area contributed by atoms with Gasteiger partial charge in [0.05, 0.1) is 13.0 Å². The van der Waals surface area contributed by atoms with E-state index in [9.17, 15) is 4.79 Å². The van der Waals surface area contributed by atoms with Crippen molar-refractivity contribution in [2.24, 2.45) is 11.8 Å². The topological polar surface area (TPSA) is 26.3 Å². The maximum atomic E-state index is 11.6. The first-order chi connectivity index (χ1) is 8.81. The van der Waals surface area contributed by atoms with Gasteiger partial charge in [-0.25, -0.2) is 0 Å². The fourth-order valence-electron chi connectivity index (χ4n) is 2.66. The Morgan fingerprint density at radius 3 is 2.83 bits per heavy atom. The van der Waals surface area contributed by atoms with E-state index in [1.807, 2.05) is 6.07 Å². The lowest BCUT2D eigenvalue weighted by atomic mass is 9.95. The van der Waals surface area contributed by atoms with Crippen LogP contribution in [0.5, 0.6) is 0 Å². The van der Waals surface area contributed by atoms with Crippen LogP contribution in [-0.2, 0) is 16.0 Å². The summed E-state index contributed by atoms with van der Waals surface area (Å²) >= 11 is 0. The number of rotatable bonds is 4. The highest BCUT2D eigenvalue weighted by Crippen LogP contribution is 2.33. The predicted molar refractivity (Wildman–Crippen MR) is 72.1 cm³/mol. The molecule has 2 unspecified atom stereocenters. The first-order valence-electron chi connectivity index (χ1n) is 6.59. The zero-order valence-corrected chi connectivity index (χ0v) is 10.8. The van der Waals surface area contributed by atoms with Crippen molar-refractivity contribution in [3.05, 3.63) is 48.0 Å². The molecule has 2 rings (SSSR count). The van der Waals surface area contributed by atoms with Crippen LogP contribution in [0.1, 0.15) is 24.8 Å². The lowest BCUT2D eigenvalue weighted by molar-refractivity contribution is -0.146. The van der Waals surface area contributed by atoms with Gasteiger partial charge in [0, 0.05) is 0 Å². The van der Waals surface area contributed by atoms with E-state index in [4.69, 9.17) is 4.74 Å². The molecular formula is C16H20O2. The molecule has 0 heterocycles. The third-order valence-electron chi connectivity index (χ3n) is 3.65. The van der Waals surface area contributed by atoms with Gasteiger partial charge in [0.1, 0.15) is 0 Å². The molecule has 0 radical (unpaired) electrons. The zero-order valence-electron chi connectivity index (χ0n) is 10.8. The number of carbonyl (C=O) groups excluding carboxylic acids is 1. The minimum absolute atomic E-state index is 0.0538. The van der Waals surface area contributed by atoms with E-state index in [0.29, 0.717) is 5.92 Å². The van der Waals surface area contributed by atoms with Crippen molar-refractivity contribution in [2.45, 2.75) is 25.7 Å². The average Bonchev–Trinajstić information content (AvgIpc) is 2.87. The number of esters is 1. The number of allylic oxidation sites excluding steroid dienone is 2. The fourth-order valence-corrected chi connectivity index (χ4v) is 2.66. The molecule has 0 saturated heterocycles. The lowest BCUT2D eigenvalue weighted by Gasteiger charge is -2.13. The van der Waals surface area contributed by atoms with Crippen molar-refractivity contribution in [3.8, 4) is 0 Å². The van der Waals surface area contributed by atoms with Crippen LogP contribution in [0, 0.1) is 11.8 Å². The molecule has 1 aromatic rings. The molecule has 0 bridgehead atoms. The Morgan fingerprint density at radius 2 is 2.11 bits per heavy atom. The Bertz CT molecular complexity index is 408. The molecule has 96 valence electrons. The molecule has 0 N–H and O–H groups in total. The highest BCUT2D eigenvalue weighted by Gasteiger charge is 2.31. The van der Waals surface area contributed by atoms with Crippen LogP contribution in [0.2, 0.25) is 0 Å². The van der Waals surface area contributed by atoms with Crippen LogP contribution in [-0.4, -0.2) is 13.1 Å². The number of ether oxygens (including phenoxy) is 1. The summed E-state index contributed by atoms with van der Waals surface area (Å²) < 4.78 is 4.86. The van der Waals surface area contributed by atoms with E-state index in [0.717, 1.165) is 25.7 Å². The largest absolute Gasteiger partial charge is 0.469 e. The second kappa shape index (κ2) is 6.39. The second-order valence-corrected chi connectivity index (χ2v) is 4.84. The molecule has 2 nitrogen and oxygen atoms in total. The fraction of sp³-hybridized carbons (Fsp3) is 0.438. The van der Waals surface area contributed by atoms with Crippen LogP contribution < -0.4 is 0 Å². The minimum Gasteiger partial charge on any atom is -0.469 e. The van der Waals surface area contributed by atoms with E-state index in [2.05, 4.69) is 36.4 Å². The maximum Gasteiger partial charge on any atom is 0.309 e. The Balaban J connectivity index is 1.90. The van der Waals surface area contributed by atoms with Crippen molar-refractivity contribution < 1.29 is 9.53 Å². The average molecular weight is 244 g/mol. The Kier molecular flexibility index (Phi) is 4.57. The normalized spacial score (nSPS) is 23.4. The van der Waals surface area contributed by atoms with Crippen LogP contribution >= 0.6 is 0 Å². The summed E-state index contributed by atoms with van der Waals surface area (Å²) in [6, 6.07) is 10.4. The maximum absolute atomic E-state index is 11.6. The number of carbonyl (C=O) groups is 1. The molecule has 2 heteroatoms. The van der Waals surface area contributed by atoms with E-state index in [1.165, 1.54) is 12.7 Å². The van der Waals surface area contributed by atoms with Gasteiger partial charge in [-0.3, -0.25) is 4.79 Å². The van der Waals surface area contributed by atoms with Gasteiger partial charge < -0.3 is 4.74 Å². The summed E-state index contributed by atoms with van der Waals surface area (Å²) in [6.45, 7) is 0. The van der Waals surface area contributed by atoms with Gasteiger partial charge in [-0.15, -0.1) is 0 Å². The number of hydrogen-bond acceptors (Lipinski definition) is 2. The molecular weight excluding hydrogens is 224 g/mol. The molecule has 18 heavy (non-hydrogen) atoms. The Hall–Kier alpha value is -1.57. The zero-order chi connectivity index (χ0) is 12.8. The third kappa shape index (κ3) is 3.22. The van der Waals surface area contributed by atoms with Crippen LogP contribution in [0.15, 0.2) is 42.5 Å². The smallest absolute Gasteiger partial charge is 0.309 e. The second-order valence-electron chi connectivity index (χ2n) is 4.84. The number of benzene rings is 1. The lowest BCUT2D eigenvalue weighted by Crippen LogP contribution is -2.18. The van der Waals surface area contributed by atoms with E-state index in [-0.39, 0.29) is 11.9 Å². The van der Waals surface area contributed by atoms with Gasteiger partial charge in [-0.05, 0) is 30.7 Å². The van der Waals surface area contributed by atoms with Crippen molar-refractivity contribution in [1.82, 2.24) is 0 Å². The van der Waals surface area contributed by atoms with Crippen molar-refractivity contribution in [3.63, 3.8) is 0 Å². The molecule has 0 aliphatic heterocycles. The number of methoxy groups -OCH3 is 1. The van der Waals surface area contributed by atoms with Gasteiger partial charge in [0.2, 0.25) is 0 Å². The summed E-state index contributed by atoms with van der Waals surface area (Å²) in [6.07, 6.45) is 8.51. The summed E-state index contributed by atoms with van der Waals surface area (Å²) in [4.78, 5) is 11.6. The Morgan fingerprint density at radius 1 is 1.33 bits per heavy atom. The van der Waals surface area contributed by atoms with Crippen LogP contribution in [0.25, 0.3) is 0 Å². The quantitative estimate of drug-likeness (QED) is 0.599. The summed E-state index contributed by atoms with van der Waals surface area (Å²) in [7, 11) is 1.48. The molecule has 0 amide bonds. The van der Waals surface area contributed by atoms with Gasteiger partial charge in [0.15, 0.2) is 0 Å². The van der Waals surface area contributed by atoms with Gasteiger partial charge >= 0.3 is 5.97 Å². The summed E-state index contributed by atoms with van der Waals surface area (Å²) in [5, 5.41) is 0. The van der Waals surface area contributed by atoms with Gasteiger partial charge in [-0.1, -0.05) is 48.9 Å². The third-order valence-corrected chi connectivity index (χ3v) is 3.65. The van der Waals surface area contributed by atoms with Crippen molar-refractivity contribution in [2.75, 3.05) is 7.11 Å². The van der Waals surface area contributed by atoms with Gasteiger partial charge in [-0.2, -0.15) is 0 Å². The molecule has 1 aromatic carbocycles. The molecule has 1 fully saturated rings. The number of hydrogen-bond donors (Lipinski definition) is 0. The first-order valence-corrected chi connectivity index (χ1v) is 6.59. The van der Waals surface area contributed by atoms with Crippen LogP contribution in [0.4, 0.5) is 0 Å². The highest BCUT2D eigenvalue weighted by molar-refractivity contribution is 5.73. The van der Waals surface area contributed by atoms with Crippen LogP contribution in [0.3, 0.4) is 0 Å². The first kappa shape index (κ1) is 12.9. The molecule has 1 aliphatic rings. The molecule has 2 atom stereocenters. The summed E-state index contributed by atoms with van der Waals surface area (Å²) in [5.41, 5.74) is 1.31. The van der Waals surface area contributed by atoms with Crippen molar-refractivity contribution in [1.29, 1.82) is 0 Å². The summed E-state index contributed by atoms with van der Waals surface area (Å²) in [5.74, 6) is 0.380. The highest BCUT2D eigenvalue weighted by atomic mass is 16.5. The van der Waals surface area contributed by atoms with Crippen molar-refractivity contribution >= 4 is 5.97 Å². The molecule has 1 saturated carbocycles. The standard InChI is InChI=1S/C16H20O2/c1-18-16(17)15-12-6-11-14(15)10-5-9-13-7-3-2-4-8-13/h2-5,7-8,10,14-15H,6,9,11-12H2,1H3. The van der Waals surface area contributed by atoms with E-state index < -0.39 is 0 Å². The predicted octanol–water partition coefficient (Wildman–Crippen LogP) is 3.37. The molecule has 0 aromatic heterocycles. The Labute approximate surface area is 109 Å². The van der Waals surface area contributed by atoms with Gasteiger partial charge in [0.25, 0.3) is 0 Å². The molecule has 1 aliphatic carbocycles. The SMILES string of the molecule is COC(=O)C1CCCC1C=CCc1ccccc1. The van der Waals surface area contributed by atoms with E-state index in [1.54, 1.807) is 0 Å². The van der Waals surface area contributed by atoms with E-state index >= 15 is 0 Å².